The van der Waals surface area contributed by atoms with Gasteiger partial charge in [0.2, 0.25) is 0 Å². The highest BCUT2D eigenvalue weighted by molar-refractivity contribution is 6.00. The third-order valence-electron chi connectivity index (χ3n) is 4.77. The van der Waals surface area contributed by atoms with E-state index in [2.05, 4.69) is 4.98 Å². The highest BCUT2D eigenvalue weighted by Crippen LogP contribution is 2.31. The van der Waals surface area contributed by atoms with Gasteiger partial charge in [0.25, 0.3) is 5.56 Å². The summed E-state index contributed by atoms with van der Waals surface area (Å²) in [4.78, 5) is 30.0. The molecular weight excluding hydrogens is 398 g/mol. The van der Waals surface area contributed by atoms with E-state index in [-0.39, 0.29) is 28.8 Å². The van der Waals surface area contributed by atoms with Crippen molar-refractivity contribution in [3.05, 3.63) is 88.6 Å². The van der Waals surface area contributed by atoms with Crippen molar-refractivity contribution in [2.75, 3.05) is 12.8 Å². The lowest BCUT2D eigenvalue weighted by molar-refractivity contribution is 0.0587. The van der Waals surface area contributed by atoms with Gasteiger partial charge in [-0.05, 0) is 54.6 Å². The van der Waals surface area contributed by atoms with Crippen molar-refractivity contribution in [2.24, 2.45) is 0 Å². The predicted molar refractivity (Wildman–Crippen MR) is 116 cm³/mol. The van der Waals surface area contributed by atoms with Crippen LogP contribution in [0.25, 0.3) is 16.5 Å². The number of methoxy groups -OCH3 is 1. The van der Waals surface area contributed by atoms with Crippen molar-refractivity contribution in [3.63, 3.8) is 0 Å². The zero-order valence-corrected chi connectivity index (χ0v) is 16.6. The molecule has 8 heteroatoms. The van der Waals surface area contributed by atoms with Crippen molar-refractivity contribution in [2.45, 2.75) is 6.61 Å². The van der Waals surface area contributed by atoms with Gasteiger partial charge >= 0.3 is 5.97 Å². The highest BCUT2D eigenvalue weighted by atomic mass is 16.5. The SMILES string of the molecule is COC(=O)c1c(O)c2ccc(OCc3ccccn3)cc2c(=O)n1-c1ccc(N)cc1. The Hall–Kier alpha value is -4.33. The number of rotatable bonds is 5. The molecule has 0 aliphatic heterocycles. The van der Waals surface area contributed by atoms with Crippen molar-refractivity contribution >= 4 is 22.4 Å². The molecule has 0 radical (unpaired) electrons. The molecule has 2 heterocycles. The van der Waals surface area contributed by atoms with Crippen LogP contribution in [0.2, 0.25) is 0 Å². The van der Waals surface area contributed by atoms with Crippen LogP contribution in [-0.4, -0.2) is 27.7 Å². The van der Waals surface area contributed by atoms with E-state index in [1.165, 1.54) is 19.2 Å². The molecule has 0 unspecified atom stereocenters. The Kier molecular flexibility index (Phi) is 5.28. The van der Waals surface area contributed by atoms with Crippen LogP contribution >= 0.6 is 0 Å². The number of nitrogens with zero attached hydrogens (tertiary/aromatic N) is 2. The number of benzene rings is 2. The van der Waals surface area contributed by atoms with Crippen LogP contribution in [-0.2, 0) is 11.3 Å². The Morgan fingerprint density at radius 2 is 1.87 bits per heavy atom. The summed E-state index contributed by atoms with van der Waals surface area (Å²) in [5, 5.41) is 11.2. The summed E-state index contributed by atoms with van der Waals surface area (Å²) in [6, 6.07) is 16.5. The van der Waals surface area contributed by atoms with Crippen LogP contribution in [0, 0.1) is 0 Å². The summed E-state index contributed by atoms with van der Waals surface area (Å²) in [6.45, 7) is 0.213. The van der Waals surface area contributed by atoms with Gasteiger partial charge < -0.3 is 20.3 Å². The number of aromatic nitrogens is 2. The molecule has 0 aliphatic carbocycles. The molecule has 8 nitrogen and oxygen atoms in total. The number of carbonyl (C=O) groups excluding carboxylic acids is 1. The molecule has 0 fully saturated rings. The minimum absolute atomic E-state index is 0.181. The van der Waals surface area contributed by atoms with E-state index in [4.69, 9.17) is 15.2 Å². The van der Waals surface area contributed by atoms with E-state index in [1.54, 1.807) is 42.6 Å². The molecule has 3 N–H and O–H groups in total. The quantitative estimate of drug-likeness (QED) is 0.379. The van der Waals surface area contributed by atoms with Gasteiger partial charge in [-0.25, -0.2) is 4.79 Å². The number of nitrogens with two attached hydrogens (primary N) is 1. The molecule has 4 aromatic rings. The number of hydrogen-bond acceptors (Lipinski definition) is 7. The minimum Gasteiger partial charge on any atom is -0.505 e. The number of esters is 1. The molecular formula is C23H19N3O5. The first-order chi connectivity index (χ1) is 15.0. The second-order valence-electron chi connectivity index (χ2n) is 6.74. The Bertz CT molecular complexity index is 1320. The summed E-state index contributed by atoms with van der Waals surface area (Å²) in [5.41, 5.74) is 6.53. The van der Waals surface area contributed by atoms with Crippen LogP contribution in [0.5, 0.6) is 11.5 Å². The topological polar surface area (TPSA) is 117 Å². The molecule has 2 aromatic carbocycles. The standard InChI is InChI=1S/C23H19N3O5/c1-30-23(29)20-21(27)18-10-9-17(31-13-15-4-2-3-11-25-15)12-19(18)22(28)26(20)16-7-5-14(24)6-8-16/h2-12,27H,13,24H2,1H3. The summed E-state index contributed by atoms with van der Waals surface area (Å²) in [6.07, 6.45) is 1.66. The zero-order chi connectivity index (χ0) is 22.0. The third kappa shape index (κ3) is 3.78. The van der Waals surface area contributed by atoms with Crippen LogP contribution < -0.4 is 16.0 Å². The van der Waals surface area contributed by atoms with Crippen molar-refractivity contribution in [3.8, 4) is 17.2 Å². The van der Waals surface area contributed by atoms with E-state index in [9.17, 15) is 14.7 Å². The number of carbonyl (C=O) groups is 1. The molecule has 0 bridgehead atoms. The van der Waals surface area contributed by atoms with Crippen LogP contribution in [0.3, 0.4) is 0 Å². The number of fused-ring (bicyclic) bond motifs is 1. The van der Waals surface area contributed by atoms with Gasteiger partial charge in [0.1, 0.15) is 12.4 Å². The van der Waals surface area contributed by atoms with Crippen LogP contribution in [0.4, 0.5) is 5.69 Å². The first-order valence-electron chi connectivity index (χ1n) is 9.38. The minimum atomic E-state index is -0.844. The lowest BCUT2D eigenvalue weighted by Crippen LogP contribution is -2.25. The lowest BCUT2D eigenvalue weighted by atomic mass is 10.1. The van der Waals surface area contributed by atoms with E-state index in [0.29, 0.717) is 17.1 Å². The first kappa shape index (κ1) is 20.0. The number of aromatic hydroxyl groups is 1. The fourth-order valence-electron chi connectivity index (χ4n) is 3.25. The molecule has 156 valence electrons. The largest absolute Gasteiger partial charge is 0.505 e. The van der Waals surface area contributed by atoms with E-state index < -0.39 is 11.5 Å². The average Bonchev–Trinajstić information content (AvgIpc) is 2.80. The van der Waals surface area contributed by atoms with Gasteiger partial charge in [-0.3, -0.25) is 14.3 Å². The molecule has 31 heavy (non-hydrogen) atoms. The van der Waals surface area contributed by atoms with Crippen molar-refractivity contribution in [1.82, 2.24) is 9.55 Å². The summed E-state index contributed by atoms with van der Waals surface area (Å²) < 4.78 is 11.7. The second kappa shape index (κ2) is 8.19. The summed E-state index contributed by atoms with van der Waals surface area (Å²) in [5.74, 6) is -0.789. The van der Waals surface area contributed by atoms with Crippen LogP contribution in [0.1, 0.15) is 16.2 Å². The fourth-order valence-corrected chi connectivity index (χ4v) is 3.25. The third-order valence-corrected chi connectivity index (χ3v) is 4.77. The van der Waals surface area contributed by atoms with E-state index in [0.717, 1.165) is 10.3 Å². The monoisotopic (exact) mass is 417 g/mol. The Labute approximate surface area is 177 Å². The number of pyridine rings is 2. The molecule has 2 aromatic heterocycles. The first-order valence-corrected chi connectivity index (χ1v) is 9.38. The Morgan fingerprint density at radius 3 is 2.55 bits per heavy atom. The molecule has 0 saturated heterocycles. The number of anilines is 1. The highest BCUT2D eigenvalue weighted by Gasteiger charge is 2.24. The van der Waals surface area contributed by atoms with Crippen molar-refractivity contribution < 1.29 is 19.4 Å². The Balaban J connectivity index is 1.87. The molecule has 0 atom stereocenters. The molecule has 4 rings (SSSR count). The van der Waals surface area contributed by atoms with E-state index in [1.807, 2.05) is 12.1 Å². The van der Waals surface area contributed by atoms with Gasteiger partial charge in [0.15, 0.2) is 11.4 Å². The summed E-state index contributed by atoms with van der Waals surface area (Å²) in [7, 11) is 1.18. The van der Waals surface area contributed by atoms with Gasteiger partial charge in [-0.2, -0.15) is 0 Å². The maximum absolute atomic E-state index is 13.4. The van der Waals surface area contributed by atoms with E-state index >= 15 is 0 Å². The predicted octanol–water partition coefficient (Wildman–Crippen LogP) is 3.04. The number of hydrogen-bond donors (Lipinski definition) is 2. The fraction of sp³-hybridized carbons (Fsp3) is 0.0870. The zero-order valence-electron chi connectivity index (χ0n) is 16.6. The van der Waals surface area contributed by atoms with Gasteiger partial charge in [0.05, 0.1) is 18.2 Å². The maximum Gasteiger partial charge on any atom is 0.359 e. The maximum atomic E-state index is 13.4. The molecule has 0 saturated carbocycles. The van der Waals surface area contributed by atoms with Gasteiger partial charge in [-0.15, -0.1) is 0 Å². The number of nitrogen functional groups attached to an aromatic ring is 1. The molecule has 0 aliphatic rings. The summed E-state index contributed by atoms with van der Waals surface area (Å²) >= 11 is 0. The second-order valence-corrected chi connectivity index (χ2v) is 6.74. The molecule has 0 spiro atoms. The molecule has 0 amide bonds. The number of ether oxygens (including phenoxy) is 2. The van der Waals surface area contributed by atoms with Crippen LogP contribution in [0.15, 0.2) is 71.7 Å². The Morgan fingerprint density at radius 1 is 1.10 bits per heavy atom. The lowest BCUT2D eigenvalue weighted by Gasteiger charge is -2.16. The van der Waals surface area contributed by atoms with Crippen molar-refractivity contribution in [1.29, 1.82) is 0 Å². The van der Waals surface area contributed by atoms with Gasteiger partial charge in [0, 0.05) is 23.0 Å². The smallest absolute Gasteiger partial charge is 0.359 e. The van der Waals surface area contributed by atoms with Gasteiger partial charge in [-0.1, -0.05) is 6.07 Å². The average molecular weight is 417 g/mol. The normalized spacial score (nSPS) is 10.7.